The van der Waals surface area contributed by atoms with E-state index in [1.807, 2.05) is 19.1 Å². The highest BCUT2D eigenvalue weighted by Gasteiger charge is 2.50. The molecule has 0 radical (unpaired) electrons. The first-order valence-electron chi connectivity index (χ1n) is 24.5. The van der Waals surface area contributed by atoms with Crippen molar-refractivity contribution in [3.8, 4) is 11.5 Å². The van der Waals surface area contributed by atoms with Crippen LogP contribution >= 0.6 is 0 Å². The van der Waals surface area contributed by atoms with Crippen LogP contribution in [-0.4, -0.2) is 115 Å². The average Bonchev–Trinajstić information content (AvgIpc) is 3.80. The standard InChI is InChI=1S/C52H66N8O8S/c1-35(2)42-7-5-6-8-43(42)47-34-57(25-26-67-4)23-24-59(47)39-30-52(31-39)18-21-58(22-19-52)38-9-11-44(48(28-38)68-40-27-37-15-20-53-49(37)55-33-40)50(61)56-69(65,66)41-10-12-45(46(29-41)60(63)64)54-32-36-13-16-51(3,62)17-14-36/h5-12,15,20,27-29,33,35-36,39,47,54,62H,13-14,16-19,21-26,30-32,34H2,1-4H3,(H,53,55)(H,56,61)/t36-,47-,51-/m0/s1. The predicted octanol–water partition coefficient (Wildman–Crippen LogP) is 8.61. The second-order valence-electron chi connectivity index (χ2n) is 20.4. The zero-order valence-electron chi connectivity index (χ0n) is 40.2. The van der Waals surface area contributed by atoms with Gasteiger partial charge in [0.2, 0.25) is 0 Å². The molecule has 1 atom stereocenters. The van der Waals surface area contributed by atoms with Gasteiger partial charge in [-0.1, -0.05) is 38.1 Å². The summed E-state index contributed by atoms with van der Waals surface area (Å²) in [7, 11) is -2.81. The Morgan fingerprint density at radius 1 is 1.00 bits per heavy atom. The zero-order valence-corrected chi connectivity index (χ0v) is 41.0. The molecule has 9 rings (SSSR count). The van der Waals surface area contributed by atoms with E-state index in [1.54, 1.807) is 37.7 Å². The highest BCUT2D eigenvalue weighted by Crippen LogP contribution is 2.53. The van der Waals surface area contributed by atoms with Gasteiger partial charge in [-0.25, -0.2) is 18.1 Å². The molecule has 17 heteroatoms. The fraction of sp³-hybridized carbons (Fsp3) is 0.500. The summed E-state index contributed by atoms with van der Waals surface area (Å²) in [6, 6.07) is 22.2. The number of benzene rings is 3. The molecule has 5 aromatic rings. The molecule has 4 fully saturated rings. The van der Waals surface area contributed by atoms with Gasteiger partial charge >= 0.3 is 0 Å². The maximum absolute atomic E-state index is 14.1. The van der Waals surface area contributed by atoms with E-state index in [1.165, 1.54) is 23.3 Å². The molecule has 4 aliphatic rings. The number of aromatic amines is 1. The van der Waals surface area contributed by atoms with Crippen molar-refractivity contribution in [1.29, 1.82) is 0 Å². The van der Waals surface area contributed by atoms with Gasteiger partial charge < -0.3 is 29.8 Å². The van der Waals surface area contributed by atoms with Gasteiger partial charge in [-0.2, -0.15) is 0 Å². The van der Waals surface area contributed by atoms with Crippen LogP contribution < -0.4 is 19.7 Å². The molecule has 3 aromatic carbocycles. The van der Waals surface area contributed by atoms with Gasteiger partial charge in [0.05, 0.1) is 33.8 Å². The number of fused-ring (bicyclic) bond motifs is 1. The third kappa shape index (κ3) is 10.8. The number of pyridine rings is 1. The Bertz CT molecular complexity index is 2750. The summed E-state index contributed by atoms with van der Waals surface area (Å²) in [5, 5.41) is 26.4. The number of nitro groups is 1. The number of nitrogens with zero attached hydrogens (tertiary/aromatic N) is 5. The van der Waals surface area contributed by atoms with Crippen molar-refractivity contribution in [3.63, 3.8) is 0 Å². The lowest BCUT2D eigenvalue weighted by molar-refractivity contribution is -0.384. The molecule has 2 saturated carbocycles. The Morgan fingerprint density at radius 2 is 1.77 bits per heavy atom. The molecular formula is C52H66N8O8S. The number of hydrogen-bond acceptors (Lipinski definition) is 13. The number of aromatic nitrogens is 2. The number of aliphatic hydroxyl groups is 1. The molecular weight excluding hydrogens is 897 g/mol. The van der Waals surface area contributed by atoms with Crippen molar-refractivity contribution in [2.45, 2.75) is 101 Å². The number of methoxy groups -OCH3 is 1. The molecule has 1 amide bonds. The molecule has 2 saturated heterocycles. The lowest BCUT2D eigenvalue weighted by atomic mass is 9.59. The number of ether oxygens (including phenoxy) is 2. The first-order valence-corrected chi connectivity index (χ1v) is 26.0. The maximum Gasteiger partial charge on any atom is 0.293 e. The quantitative estimate of drug-likeness (QED) is 0.0543. The number of carbonyl (C=O) groups excluding carboxylic acids is 1. The van der Waals surface area contributed by atoms with E-state index in [2.05, 4.69) is 72.8 Å². The second-order valence-corrected chi connectivity index (χ2v) is 22.1. The molecule has 0 bridgehead atoms. The normalized spacial score (nSPS) is 22.4. The average molecular weight is 963 g/mol. The van der Waals surface area contributed by atoms with Crippen LogP contribution in [0.1, 0.15) is 106 Å². The van der Waals surface area contributed by atoms with Gasteiger partial charge in [-0.15, -0.1) is 0 Å². The number of nitro benzene ring substituents is 1. The molecule has 2 aliphatic heterocycles. The second kappa shape index (κ2) is 20.0. The number of piperazine rings is 1. The Labute approximate surface area is 405 Å². The number of rotatable bonds is 16. The zero-order chi connectivity index (χ0) is 48.5. The first kappa shape index (κ1) is 48.4. The van der Waals surface area contributed by atoms with E-state index in [0.717, 1.165) is 102 Å². The van der Waals surface area contributed by atoms with Gasteiger partial charge in [-0.3, -0.25) is 24.7 Å². The topological polar surface area (TPSA) is 195 Å². The van der Waals surface area contributed by atoms with Gasteiger partial charge in [0.25, 0.3) is 21.6 Å². The number of amides is 1. The van der Waals surface area contributed by atoms with Crippen molar-refractivity contribution in [2.75, 3.05) is 69.7 Å². The smallest absolute Gasteiger partial charge is 0.293 e. The lowest BCUT2D eigenvalue weighted by Crippen LogP contribution is -2.60. The first-order chi connectivity index (χ1) is 33.1. The summed E-state index contributed by atoms with van der Waals surface area (Å²) in [4.78, 5) is 40.3. The number of sulfonamides is 1. The summed E-state index contributed by atoms with van der Waals surface area (Å²) in [5.41, 5.74) is 3.64. The molecule has 2 aliphatic carbocycles. The van der Waals surface area contributed by atoms with E-state index in [0.29, 0.717) is 48.8 Å². The Kier molecular flexibility index (Phi) is 14.1. The fourth-order valence-corrected chi connectivity index (χ4v) is 12.2. The largest absolute Gasteiger partial charge is 0.455 e. The Hall–Kier alpha value is -5.59. The van der Waals surface area contributed by atoms with Gasteiger partial charge in [0.15, 0.2) is 0 Å². The fourth-order valence-electron chi connectivity index (χ4n) is 11.2. The maximum atomic E-state index is 14.1. The summed E-state index contributed by atoms with van der Waals surface area (Å²) >= 11 is 0. The molecule has 69 heavy (non-hydrogen) atoms. The van der Waals surface area contributed by atoms with Crippen LogP contribution in [0.15, 0.2) is 90.1 Å². The summed E-state index contributed by atoms with van der Waals surface area (Å²) in [6.45, 7) is 13.2. The van der Waals surface area contributed by atoms with Crippen molar-refractivity contribution >= 4 is 44.0 Å². The van der Waals surface area contributed by atoms with Crippen LogP contribution in [0.3, 0.4) is 0 Å². The van der Waals surface area contributed by atoms with Crippen molar-refractivity contribution in [2.24, 2.45) is 11.3 Å². The third-order valence-electron chi connectivity index (χ3n) is 15.4. The van der Waals surface area contributed by atoms with Crippen LogP contribution in [-0.2, 0) is 14.8 Å². The van der Waals surface area contributed by atoms with E-state index in [4.69, 9.17) is 9.47 Å². The number of anilines is 2. The minimum absolute atomic E-state index is 0.0260. The minimum atomic E-state index is -4.58. The van der Waals surface area contributed by atoms with Crippen LogP contribution in [0.2, 0.25) is 0 Å². The summed E-state index contributed by atoms with van der Waals surface area (Å²) in [6.07, 6.45) is 10.5. The number of piperidine rings is 1. The molecule has 1 spiro atoms. The summed E-state index contributed by atoms with van der Waals surface area (Å²) < 4.78 is 41.6. The van der Waals surface area contributed by atoms with Crippen LogP contribution in [0.25, 0.3) is 11.0 Å². The predicted molar refractivity (Wildman–Crippen MR) is 267 cm³/mol. The molecule has 4 heterocycles. The minimum Gasteiger partial charge on any atom is -0.455 e. The third-order valence-corrected chi connectivity index (χ3v) is 16.7. The van der Waals surface area contributed by atoms with Crippen LogP contribution in [0.5, 0.6) is 11.5 Å². The lowest BCUT2D eigenvalue weighted by Gasteiger charge is -2.58. The van der Waals surface area contributed by atoms with Gasteiger partial charge in [-0.05, 0) is 123 Å². The van der Waals surface area contributed by atoms with E-state index >= 15 is 0 Å². The van der Waals surface area contributed by atoms with Crippen molar-refractivity contribution in [3.05, 3.63) is 112 Å². The molecule has 0 unspecified atom stereocenters. The molecule has 2 aromatic heterocycles. The van der Waals surface area contributed by atoms with E-state index < -0.39 is 37.0 Å². The molecule has 16 nitrogen and oxygen atoms in total. The SMILES string of the molecule is COCCN1CCN(C2CC3(CCN(c4ccc(C(=O)NS(=O)(=O)c5ccc(NC[C@H]6CC[C@](C)(O)CC6)c([N+](=O)[O-])c5)c(Oc5cnc6[nH]ccc6c5)c4)CC3)C2)[C@H](c2ccccc2C(C)C)C1. The number of carbonyl (C=O) groups is 1. The molecule has 4 N–H and O–H groups in total. The summed E-state index contributed by atoms with van der Waals surface area (Å²) in [5.74, 6) is 0.201. The number of hydrogen-bond donors (Lipinski definition) is 4. The van der Waals surface area contributed by atoms with Crippen molar-refractivity contribution < 1.29 is 32.7 Å². The number of H-pyrrole nitrogens is 1. The van der Waals surface area contributed by atoms with Crippen LogP contribution in [0.4, 0.5) is 17.1 Å². The Morgan fingerprint density at radius 3 is 2.51 bits per heavy atom. The van der Waals surface area contributed by atoms with Gasteiger partial charge in [0.1, 0.15) is 22.8 Å². The van der Waals surface area contributed by atoms with E-state index in [9.17, 15) is 28.4 Å². The molecule has 368 valence electrons. The van der Waals surface area contributed by atoms with Crippen molar-refractivity contribution in [1.82, 2.24) is 24.5 Å². The van der Waals surface area contributed by atoms with E-state index in [-0.39, 0.29) is 28.3 Å². The van der Waals surface area contributed by atoms with Crippen LogP contribution in [0, 0.1) is 21.4 Å². The number of nitrogens with one attached hydrogen (secondary N) is 3. The highest BCUT2D eigenvalue weighted by atomic mass is 32.2. The highest BCUT2D eigenvalue weighted by molar-refractivity contribution is 7.90. The Balaban J connectivity index is 0.895. The van der Waals surface area contributed by atoms with Gasteiger partial charge in [0, 0.05) is 94.4 Å². The monoisotopic (exact) mass is 962 g/mol.